The van der Waals surface area contributed by atoms with Crippen molar-refractivity contribution >= 4 is 11.5 Å². The molecule has 7 nitrogen and oxygen atoms in total. The molecule has 0 atom stereocenters. The summed E-state index contributed by atoms with van der Waals surface area (Å²) >= 11 is 0. The predicted molar refractivity (Wildman–Crippen MR) is 123 cm³/mol. The van der Waals surface area contributed by atoms with Gasteiger partial charge in [0.15, 0.2) is 6.61 Å². The molecule has 0 saturated carbocycles. The Balaban J connectivity index is 1.81. The van der Waals surface area contributed by atoms with Crippen LogP contribution in [0.1, 0.15) is 16.7 Å². The number of benzene rings is 2. The van der Waals surface area contributed by atoms with Gasteiger partial charge in [0.2, 0.25) is 5.88 Å². The lowest BCUT2D eigenvalue weighted by Gasteiger charge is -2.13. The van der Waals surface area contributed by atoms with Gasteiger partial charge in [-0.1, -0.05) is 24.3 Å². The minimum Gasteiger partial charge on any atom is -0.503 e. The highest BCUT2D eigenvalue weighted by Crippen LogP contribution is 2.31. The SMILES string of the molecule is CO/C=C(/C(=O)OC)c1ccccc1COc1c(C)c(-c2ccc(OCC(F)(F)F)cc2)nn1C. The number of esters is 1. The molecule has 186 valence electrons. The molecule has 0 fully saturated rings. The van der Waals surface area contributed by atoms with Crippen molar-refractivity contribution in [3.63, 3.8) is 0 Å². The van der Waals surface area contributed by atoms with E-state index < -0.39 is 18.8 Å². The maximum atomic E-state index is 12.4. The molecule has 0 unspecified atom stereocenters. The Morgan fingerprint density at radius 1 is 1.06 bits per heavy atom. The molecule has 2 aromatic carbocycles. The Morgan fingerprint density at radius 3 is 2.37 bits per heavy atom. The number of hydrogen-bond donors (Lipinski definition) is 0. The zero-order valence-corrected chi connectivity index (χ0v) is 19.7. The first-order valence-corrected chi connectivity index (χ1v) is 10.5. The maximum absolute atomic E-state index is 12.4. The van der Waals surface area contributed by atoms with Crippen molar-refractivity contribution in [2.45, 2.75) is 19.7 Å². The van der Waals surface area contributed by atoms with E-state index in [1.54, 1.807) is 36.0 Å². The molecular weight excluding hydrogens is 465 g/mol. The number of aryl methyl sites for hydroxylation is 1. The number of alkyl halides is 3. The topological polar surface area (TPSA) is 71.8 Å². The number of rotatable bonds is 9. The van der Waals surface area contributed by atoms with Gasteiger partial charge in [-0.2, -0.15) is 18.3 Å². The van der Waals surface area contributed by atoms with E-state index in [4.69, 9.17) is 18.9 Å². The molecule has 0 saturated heterocycles. The summed E-state index contributed by atoms with van der Waals surface area (Å²) in [6.07, 6.45) is -3.09. The molecule has 0 aliphatic carbocycles. The lowest BCUT2D eigenvalue weighted by molar-refractivity contribution is -0.153. The van der Waals surface area contributed by atoms with Gasteiger partial charge in [0, 0.05) is 18.2 Å². The standard InChI is InChI=1S/C25H25F3N2O5/c1-16-22(17-9-11-19(12-10-17)35-15-25(26,27)28)29-30(2)23(16)34-13-18-7-5-6-8-20(18)21(14-32-3)24(31)33-4/h5-12,14H,13,15H2,1-4H3/b21-14+. The molecule has 1 aromatic heterocycles. The summed E-state index contributed by atoms with van der Waals surface area (Å²) in [7, 11) is 4.46. The Bertz CT molecular complexity index is 1200. The number of aromatic nitrogens is 2. The van der Waals surface area contributed by atoms with Crippen LogP contribution < -0.4 is 9.47 Å². The summed E-state index contributed by atoms with van der Waals surface area (Å²) in [5, 5.41) is 4.50. The van der Waals surface area contributed by atoms with Crippen LogP contribution in [-0.2, 0) is 27.9 Å². The van der Waals surface area contributed by atoms with Gasteiger partial charge in [-0.3, -0.25) is 0 Å². The molecule has 0 aliphatic heterocycles. The van der Waals surface area contributed by atoms with E-state index in [0.29, 0.717) is 22.7 Å². The minimum atomic E-state index is -4.40. The van der Waals surface area contributed by atoms with Gasteiger partial charge in [-0.05, 0) is 42.3 Å². The fourth-order valence-corrected chi connectivity index (χ4v) is 3.47. The highest BCUT2D eigenvalue weighted by Gasteiger charge is 2.28. The van der Waals surface area contributed by atoms with E-state index >= 15 is 0 Å². The van der Waals surface area contributed by atoms with Crippen LogP contribution in [0.15, 0.2) is 54.8 Å². The highest BCUT2D eigenvalue weighted by molar-refractivity contribution is 6.16. The van der Waals surface area contributed by atoms with Crippen molar-refractivity contribution in [2.24, 2.45) is 7.05 Å². The van der Waals surface area contributed by atoms with Crippen LogP contribution in [0.3, 0.4) is 0 Å². The molecule has 0 bridgehead atoms. The minimum absolute atomic E-state index is 0.110. The Morgan fingerprint density at radius 2 is 1.74 bits per heavy atom. The van der Waals surface area contributed by atoms with Crippen molar-refractivity contribution in [1.29, 1.82) is 0 Å². The van der Waals surface area contributed by atoms with E-state index in [1.807, 2.05) is 19.1 Å². The van der Waals surface area contributed by atoms with E-state index in [0.717, 1.165) is 11.1 Å². The van der Waals surface area contributed by atoms with Crippen LogP contribution in [0.2, 0.25) is 0 Å². The molecule has 35 heavy (non-hydrogen) atoms. The van der Waals surface area contributed by atoms with Crippen LogP contribution in [-0.4, -0.2) is 42.8 Å². The van der Waals surface area contributed by atoms with Crippen LogP contribution in [0.4, 0.5) is 13.2 Å². The fourth-order valence-electron chi connectivity index (χ4n) is 3.47. The maximum Gasteiger partial charge on any atom is 0.422 e. The number of nitrogens with zero attached hydrogens (tertiary/aromatic N) is 2. The lowest BCUT2D eigenvalue weighted by atomic mass is 10.0. The number of carbonyl (C=O) groups excluding carboxylic acids is 1. The number of hydrogen-bond acceptors (Lipinski definition) is 6. The van der Waals surface area contributed by atoms with Gasteiger partial charge < -0.3 is 18.9 Å². The third-order valence-corrected chi connectivity index (χ3v) is 5.06. The molecule has 0 spiro atoms. The third kappa shape index (κ3) is 6.34. The first-order chi connectivity index (χ1) is 16.6. The summed E-state index contributed by atoms with van der Waals surface area (Å²) < 4.78 is 59.4. The molecule has 3 aromatic rings. The zero-order valence-electron chi connectivity index (χ0n) is 19.7. The van der Waals surface area contributed by atoms with E-state index in [9.17, 15) is 18.0 Å². The summed E-state index contributed by atoms with van der Waals surface area (Å²) in [6.45, 7) is 0.617. The van der Waals surface area contributed by atoms with Gasteiger partial charge in [0.1, 0.15) is 17.9 Å². The van der Waals surface area contributed by atoms with Gasteiger partial charge >= 0.3 is 12.1 Å². The molecular formula is C25H25F3N2O5. The van der Waals surface area contributed by atoms with Crippen LogP contribution >= 0.6 is 0 Å². The molecule has 0 amide bonds. The van der Waals surface area contributed by atoms with Crippen molar-refractivity contribution in [3.05, 3.63) is 71.5 Å². The molecule has 0 radical (unpaired) electrons. The van der Waals surface area contributed by atoms with E-state index in [-0.39, 0.29) is 17.9 Å². The van der Waals surface area contributed by atoms with Crippen molar-refractivity contribution < 1.29 is 36.9 Å². The van der Waals surface area contributed by atoms with Crippen LogP contribution in [0, 0.1) is 6.92 Å². The second kappa shape index (κ2) is 11.0. The number of methoxy groups -OCH3 is 2. The Labute approximate surface area is 200 Å². The number of carbonyl (C=O) groups is 1. The average Bonchev–Trinajstić information content (AvgIpc) is 3.12. The lowest BCUT2D eigenvalue weighted by Crippen LogP contribution is -2.19. The van der Waals surface area contributed by atoms with Crippen LogP contribution in [0.5, 0.6) is 11.6 Å². The van der Waals surface area contributed by atoms with Crippen LogP contribution in [0.25, 0.3) is 16.8 Å². The first-order valence-electron chi connectivity index (χ1n) is 10.5. The van der Waals surface area contributed by atoms with Gasteiger partial charge in [0.05, 0.1) is 26.2 Å². The number of ether oxygens (including phenoxy) is 4. The normalized spacial score (nSPS) is 11.8. The predicted octanol–water partition coefficient (Wildman–Crippen LogP) is 5.08. The van der Waals surface area contributed by atoms with E-state index in [1.165, 1.54) is 32.6 Å². The highest BCUT2D eigenvalue weighted by atomic mass is 19.4. The van der Waals surface area contributed by atoms with Crippen molar-refractivity contribution in [1.82, 2.24) is 9.78 Å². The molecule has 0 N–H and O–H groups in total. The average molecular weight is 490 g/mol. The zero-order chi connectivity index (χ0) is 25.6. The quantitative estimate of drug-likeness (QED) is 0.237. The largest absolute Gasteiger partial charge is 0.503 e. The fraction of sp³-hybridized carbons (Fsp3) is 0.280. The summed E-state index contributed by atoms with van der Waals surface area (Å²) in [4.78, 5) is 12.2. The molecule has 10 heteroatoms. The molecule has 0 aliphatic rings. The smallest absolute Gasteiger partial charge is 0.422 e. The van der Waals surface area contributed by atoms with Gasteiger partial charge in [-0.15, -0.1) is 0 Å². The first kappa shape index (κ1) is 25.7. The van der Waals surface area contributed by atoms with Gasteiger partial charge in [-0.25, -0.2) is 9.48 Å². The monoisotopic (exact) mass is 490 g/mol. The van der Waals surface area contributed by atoms with E-state index in [2.05, 4.69) is 5.10 Å². The summed E-state index contributed by atoms with van der Waals surface area (Å²) in [5.74, 6) is 0.0711. The molecule has 3 rings (SSSR count). The van der Waals surface area contributed by atoms with Crippen molar-refractivity contribution in [2.75, 3.05) is 20.8 Å². The Kier molecular flexibility index (Phi) is 8.06. The Hall–Kier alpha value is -3.95. The molecule has 1 heterocycles. The summed E-state index contributed by atoms with van der Waals surface area (Å²) in [5.41, 5.74) is 3.65. The second-order valence-corrected chi connectivity index (χ2v) is 7.54. The summed E-state index contributed by atoms with van der Waals surface area (Å²) in [6, 6.07) is 13.4. The van der Waals surface area contributed by atoms with Gasteiger partial charge in [0.25, 0.3) is 0 Å². The third-order valence-electron chi connectivity index (χ3n) is 5.06. The number of halogens is 3. The van der Waals surface area contributed by atoms with Crippen molar-refractivity contribution in [3.8, 4) is 22.9 Å². The second-order valence-electron chi connectivity index (χ2n) is 7.54.